The minimum Gasteiger partial charge on any atom is -0.508 e. The van der Waals surface area contributed by atoms with Gasteiger partial charge in [-0.15, -0.1) is 0 Å². The number of carbonyl (C=O) groups is 2. The number of para-hydroxylation sites is 1. The maximum Gasteiger partial charge on any atom is 0.337 e. The summed E-state index contributed by atoms with van der Waals surface area (Å²) < 4.78 is 11.5. The Morgan fingerprint density at radius 3 is 2.69 bits per heavy atom. The number of ether oxygens (including phenoxy) is 2. The van der Waals surface area contributed by atoms with Gasteiger partial charge in [0, 0.05) is 41.8 Å². The van der Waals surface area contributed by atoms with Gasteiger partial charge in [-0.1, -0.05) is 30.3 Å². The SMILES string of the molecule is COc1ccccc1C1CC(=O)C2=C(C1)NC(C)=C(C(=O)OC1CCCNC1)C2c1cccc(O)c1. The zero-order valence-corrected chi connectivity index (χ0v) is 20.7. The van der Waals surface area contributed by atoms with E-state index in [1.165, 1.54) is 0 Å². The molecule has 3 aliphatic rings. The lowest BCUT2D eigenvalue weighted by atomic mass is 9.71. The van der Waals surface area contributed by atoms with Crippen molar-refractivity contribution < 1.29 is 24.2 Å². The van der Waals surface area contributed by atoms with Crippen LogP contribution in [0.15, 0.2) is 71.1 Å². The summed E-state index contributed by atoms with van der Waals surface area (Å²) in [5, 5.41) is 16.9. The second-order valence-corrected chi connectivity index (χ2v) is 9.73. The number of ketones is 1. The van der Waals surface area contributed by atoms with Crippen LogP contribution in [0.2, 0.25) is 0 Å². The molecule has 0 saturated carbocycles. The van der Waals surface area contributed by atoms with Crippen LogP contribution < -0.4 is 15.4 Å². The molecule has 0 bridgehead atoms. The Morgan fingerprint density at radius 1 is 1.11 bits per heavy atom. The second kappa shape index (κ2) is 10.2. The van der Waals surface area contributed by atoms with E-state index >= 15 is 0 Å². The first-order chi connectivity index (χ1) is 17.5. The lowest BCUT2D eigenvalue weighted by Crippen LogP contribution is -2.40. The van der Waals surface area contributed by atoms with Crippen LogP contribution in [0.1, 0.15) is 55.6 Å². The molecule has 2 aliphatic heterocycles. The zero-order chi connectivity index (χ0) is 25.2. The lowest BCUT2D eigenvalue weighted by Gasteiger charge is -2.37. The number of aromatic hydroxyl groups is 1. The average molecular weight is 489 g/mol. The molecule has 2 aromatic carbocycles. The lowest BCUT2D eigenvalue weighted by molar-refractivity contribution is -0.145. The first-order valence-corrected chi connectivity index (χ1v) is 12.5. The zero-order valence-electron chi connectivity index (χ0n) is 20.7. The van der Waals surface area contributed by atoms with Crippen LogP contribution >= 0.6 is 0 Å². The van der Waals surface area contributed by atoms with Crippen molar-refractivity contribution in [1.29, 1.82) is 0 Å². The topological polar surface area (TPSA) is 96.9 Å². The van der Waals surface area contributed by atoms with Crippen LogP contribution in [-0.4, -0.2) is 43.2 Å². The van der Waals surface area contributed by atoms with E-state index in [9.17, 15) is 14.7 Å². The number of piperidine rings is 1. The van der Waals surface area contributed by atoms with E-state index in [1.54, 1.807) is 25.3 Å². The van der Waals surface area contributed by atoms with Crippen molar-refractivity contribution in [2.75, 3.05) is 20.2 Å². The smallest absolute Gasteiger partial charge is 0.337 e. The van der Waals surface area contributed by atoms with Crippen molar-refractivity contribution in [1.82, 2.24) is 10.6 Å². The van der Waals surface area contributed by atoms with Crippen molar-refractivity contribution in [2.45, 2.75) is 50.5 Å². The predicted molar refractivity (Wildman–Crippen MR) is 136 cm³/mol. The highest BCUT2D eigenvalue weighted by molar-refractivity contribution is 6.04. The van der Waals surface area contributed by atoms with E-state index in [0.29, 0.717) is 41.8 Å². The Labute approximate surface area is 211 Å². The fraction of sp³-hybridized carbons (Fsp3) is 0.379. The first-order valence-electron chi connectivity index (χ1n) is 12.5. The minimum absolute atomic E-state index is 0.0230. The molecule has 2 heterocycles. The van der Waals surface area contributed by atoms with Crippen LogP contribution in [-0.2, 0) is 14.3 Å². The van der Waals surface area contributed by atoms with Gasteiger partial charge in [0.2, 0.25) is 0 Å². The van der Waals surface area contributed by atoms with Crippen LogP contribution in [0.4, 0.5) is 0 Å². The highest BCUT2D eigenvalue weighted by Gasteiger charge is 2.42. The number of hydrogen-bond donors (Lipinski definition) is 3. The first kappa shape index (κ1) is 24.1. The number of benzene rings is 2. The van der Waals surface area contributed by atoms with E-state index in [2.05, 4.69) is 10.6 Å². The third-order valence-electron chi connectivity index (χ3n) is 7.36. The molecule has 36 heavy (non-hydrogen) atoms. The summed E-state index contributed by atoms with van der Waals surface area (Å²) in [7, 11) is 1.64. The van der Waals surface area contributed by atoms with Crippen molar-refractivity contribution in [2.24, 2.45) is 0 Å². The highest BCUT2D eigenvalue weighted by atomic mass is 16.5. The molecule has 0 aromatic heterocycles. The van der Waals surface area contributed by atoms with Crippen LogP contribution in [0.3, 0.4) is 0 Å². The Hall–Kier alpha value is -3.58. The van der Waals surface area contributed by atoms with E-state index in [0.717, 1.165) is 36.4 Å². The molecular formula is C29H32N2O5. The largest absolute Gasteiger partial charge is 0.508 e. The monoisotopic (exact) mass is 488 g/mol. The molecule has 188 valence electrons. The Balaban J connectivity index is 1.54. The van der Waals surface area contributed by atoms with E-state index < -0.39 is 11.9 Å². The normalized spacial score (nSPS) is 24.2. The minimum atomic E-state index is -0.608. The van der Waals surface area contributed by atoms with Crippen molar-refractivity contribution in [3.63, 3.8) is 0 Å². The third kappa shape index (κ3) is 4.63. The average Bonchev–Trinajstić information content (AvgIpc) is 2.88. The molecule has 5 rings (SSSR count). The van der Waals surface area contributed by atoms with Crippen LogP contribution in [0.25, 0.3) is 0 Å². The van der Waals surface area contributed by atoms with Gasteiger partial charge in [0.15, 0.2) is 5.78 Å². The number of phenols is 1. The molecule has 2 aromatic rings. The summed E-state index contributed by atoms with van der Waals surface area (Å²) in [4.78, 5) is 27.3. The molecule has 1 saturated heterocycles. The molecule has 7 heteroatoms. The number of nitrogens with one attached hydrogen (secondary N) is 2. The second-order valence-electron chi connectivity index (χ2n) is 9.73. The van der Waals surface area contributed by atoms with Crippen molar-refractivity contribution in [3.8, 4) is 11.5 Å². The van der Waals surface area contributed by atoms with Gasteiger partial charge in [-0.25, -0.2) is 4.79 Å². The summed E-state index contributed by atoms with van der Waals surface area (Å²) in [5.41, 5.74) is 4.17. The quantitative estimate of drug-likeness (QED) is 0.546. The van der Waals surface area contributed by atoms with E-state index in [-0.39, 0.29) is 23.6 Å². The summed E-state index contributed by atoms with van der Waals surface area (Å²) in [6, 6.07) is 14.6. The number of allylic oxidation sites excluding steroid dienone is 3. The van der Waals surface area contributed by atoms with Crippen LogP contribution in [0, 0.1) is 0 Å². The molecule has 1 aliphatic carbocycles. The van der Waals surface area contributed by atoms with E-state index in [4.69, 9.17) is 9.47 Å². The van der Waals surface area contributed by atoms with Gasteiger partial charge in [0.1, 0.15) is 17.6 Å². The number of phenolic OH excluding ortho intramolecular Hbond substituents is 1. The summed E-state index contributed by atoms with van der Waals surface area (Å²) in [6.45, 7) is 3.39. The summed E-state index contributed by atoms with van der Waals surface area (Å²) in [5.74, 6) is -0.247. The van der Waals surface area contributed by atoms with Crippen molar-refractivity contribution >= 4 is 11.8 Å². The standard InChI is InChI=1S/C29H32N2O5/c1-17-26(29(34)36-21-9-6-12-30-16-21)27(18-7-5-8-20(32)13-18)28-23(31-17)14-19(15-24(28)33)22-10-3-4-11-25(22)35-2/h3-5,7-8,10-11,13,19,21,27,30-32H,6,9,12,14-16H2,1-2H3. The highest BCUT2D eigenvalue weighted by Crippen LogP contribution is 2.47. The molecule has 1 fully saturated rings. The molecule has 3 unspecified atom stereocenters. The fourth-order valence-electron chi connectivity index (χ4n) is 5.71. The third-order valence-corrected chi connectivity index (χ3v) is 7.36. The maximum absolute atomic E-state index is 13.8. The molecule has 0 spiro atoms. The van der Waals surface area contributed by atoms with E-state index in [1.807, 2.05) is 37.3 Å². The number of dihydropyridines is 1. The van der Waals surface area contributed by atoms with Gasteiger partial charge >= 0.3 is 5.97 Å². The van der Waals surface area contributed by atoms with Gasteiger partial charge in [0.25, 0.3) is 0 Å². The number of Topliss-reactive ketones (excluding diaryl/α,β-unsaturated/α-hetero) is 1. The molecule has 7 nitrogen and oxygen atoms in total. The number of hydrogen-bond acceptors (Lipinski definition) is 7. The molecule has 3 N–H and O–H groups in total. The molecule has 0 radical (unpaired) electrons. The van der Waals surface area contributed by atoms with Gasteiger partial charge in [-0.2, -0.15) is 0 Å². The number of carbonyl (C=O) groups excluding carboxylic acids is 2. The van der Waals surface area contributed by atoms with Gasteiger partial charge in [0.05, 0.1) is 12.7 Å². The Morgan fingerprint density at radius 2 is 1.94 bits per heavy atom. The number of rotatable bonds is 5. The maximum atomic E-state index is 13.8. The Kier molecular flexibility index (Phi) is 6.83. The van der Waals surface area contributed by atoms with Crippen molar-refractivity contribution in [3.05, 3.63) is 82.2 Å². The van der Waals surface area contributed by atoms with Gasteiger partial charge < -0.3 is 25.2 Å². The predicted octanol–water partition coefficient (Wildman–Crippen LogP) is 4.06. The summed E-state index contributed by atoms with van der Waals surface area (Å²) in [6.07, 6.45) is 2.47. The molecule has 3 atom stereocenters. The number of methoxy groups -OCH3 is 1. The molecular weight excluding hydrogens is 456 g/mol. The number of esters is 1. The van der Waals surface area contributed by atoms with Gasteiger partial charge in [-0.3, -0.25) is 4.79 Å². The molecule has 0 amide bonds. The van der Waals surface area contributed by atoms with Gasteiger partial charge in [-0.05, 0) is 62.1 Å². The fourth-order valence-corrected chi connectivity index (χ4v) is 5.71. The Bertz CT molecular complexity index is 1240. The van der Waals surface area contributed by atoms with Crippen LogP contribution in [0.5, 0.6) is 11.5 Å². The summed E-state index contributed by atoms with van der Waals surface area (Å²) >= 11 is 0.